The third-order valence-corrected chi connectivity index (χ3v) is 4.29. The number of halogens is 1. The second kappa shape index (κ2) is 4.84. The summed E-state index contributed by atoms with van der Waals surface area (Å²) in [5.74, 6) is 1.18. The number of hydrogen-bond acceptors (Lipinski definition) is 2. The molecular formula is C11H15BrN2OS. The molecule has 3 nitrogen and oxygen atoms in total. The van der Waals surface area contributed by atoms with E-state index >= 15 is 0 Å². The number of carbonyl (C=O) groups excluding carboxylic acids is 1. The van der Waals surface area contributed by atoms with Gasteiger partial charge in [0.25, 0.3) is 5.91 Å². The van der Waals surface area contributed by atoms with Crippen LogP contribution < -0.4 is 0 Å². The number of amides is 1. The lowest BCUT2D eigenvalue weighted by atomic mass is 10.3. The maximum atomic E-state index is 12.3. The fourth-order valence-corrected chi connectivity index (χ4v) is 3.44. The monoisotopic (exact) mass is 302 g/mol. The van der Waals surface area contributed by atoms with Crippen molar-refractivity contribution in [3.63, 3.8) is 0 Å². The summed E-state index contributed by atoms with van der Waals surface area (Å²) in [5, 5.41) is 0.543. The number of rotatable bonds is 1. The van der Waals surface area contributed by atoms with Crippen molar-refractivity contribution in [1.29, 1.82) is 0 Å². The van der Waals surface area contributed by atoms with Crippen LogP contribution in [0.25, 0.3) is 0 Å². The Morgan fingerprint density at radius 3 is 2.94 bits per heavy atom. The molecule has 0 aromatic carbocycles. The van der Waals surface area contributed by atoms with Crippen LogP contribution in [-0.4, -0.2) is 39.5 Å². The largest absolute Gasteiger partial charge is 0.345 e. The van der Waals surface area contributed by atoms with E-state index < -0.39 is 0 Å². The van der Waals surface area contributed by atoms with Gasteiger partial charge in [-0.05, 0) is 22.0 Å². The number of carbonyl (C=O) groups is 1. The highest BCUT2D eigenvalue weighted by atomic mass is 79.9. The Hall–Kier alpha value is -0.420. The Labute approximate surface area is 108 Å². The van der Waals surface area contributed by atoms with E-state index in [9.17, 15) is 4.79 Å². The Morgan fingerprint density at radius 1 is 1.62 bits per heavy atom. The topological polar surface area (TPSA) is 25.2 Å². The van der Waals surface area contributed by atoms with Gasteiger partial charge in [-0.25, -0.2) is 0 Å². The SMILES string of the molecule is CC1CN(C(=O)c2cc(Br)cn2C)CCS1. The van der Waals surface area contributed by atoms with Crippen LogP contribution in [-0.2, 0) is 7.05 Å². The van der Waals surface area contributed by atoms with Crippen LogP contribution in [0.3, 0.4) is 0 Å². The first-order valence-corrected chi connectivity index (χ1v) is 7.15. The summed E-state index contributed by atoms with van der Waals surface area (Å²) >= 11 is 5.33. The van der Waals surface area contributed by atoms with Crippen molar-refractivity contribution < 1.29 is 4.79 Å². The molecule has 0 aliphatic carbocycles. The Bertz CT molecular complexity index is 405. The summed E-state index contributed by atoms with van der Waals surface area (Å²) < 4.78 is 2.83. The maximum Gasteiger partial charge on any atom is 0.270 e. The first kappa shape index (κ1) is 12.0. The molecule has 5 heteroatoms. The minimum absolute atomic E-state index is 0.139. The number of hydrogen-bond donors (Lipinski definition) is 0. The first-order valence-electron chi connectivity index (χ1n) is 5.30. The lowest BCUT2D eigenvalue weighted by molar-refractivity contribution is 0.0753. The van der Waals surface area contributed by atoms with Gasteiger partial charge in [0.05, 0.1) is 0 Å². The molecule has 1 aliphatic rings. The molecule has 2 heterocycles. The zero-order chi connectivity index (χ0) is 11.7. The highest BCUT2D eigenvalue weighted by Crippen LogP contribution is 2.21. The van der Waals surface area contributed by atoms with Crippen LogP contribution in [0.2, 0.25) is 0 Å². The molecule has 1 aromatic heterocycles. The van der Waals surface area contributed by atoms with E-state index in [0.29, 0.717) is 5.25 Å². The molecule has 16 heavy (non-hydrogen) atoms. The van der Waals surface area contributed by atoms with Gasteiger partial charge >= 0.3 is 0 Å². The van der Waals surface area contributed by atoms with Gasteiger partial charge in [-0.2, -0.15) is 11.8 Å². The summed E-state index contributed by atoms with van der Waals surface area (Å²) in [6, 6.07) is 1.88. The number of thioether (sulfide) groups is 1. The highest BCUT2D eigenvalue weighted by molar-refractivity contribution is 9.10. The van der Waals surface area contributed by atoms with Crippen molar-refractivity contribution in [2.45, 2.75) is 12.2 Å². The van der Waals surface area contributed by atoms with Crippen LogP contribution in [0.1, 0.15) is 17.4 Å². The van der Waals surface area contributed by atoms with E-state index in [1.807, 2.05) is 40.5 Å². The van der Waals surface area contributed by atoms with Gasteiger partial charge in [0.15, 0.2) is 0 Å². The van der Waals surface area contributed by atoms with E-state index in [2.05, 4.69) is 22.9 Å². The number of aromatic nitrogens is 1. The molecule has 0 radical (unpaired) electrons. The average Bonchev–Trinajstić information content (AvgIpc) is 2.57. The summed E-state index contributed by atoms with van der Waals surface area (Å²) in [4.78, 5) is 14.2. The lowest BCUT2D eigenvalue weighted by Gasteiger charge is -2.30. The van der Waals surface area contributed by atoms with E-state index in [1.54, 1.807) is 0 Å². The van der Waals surface area contributed by atoms with E-state index in [-0.39, 0.29) is 5.91 Å². The molecule has 1 fully saturated rings. The molecular weight excluding hydrogens is 288 g/mol. The van der Waals surface area contributed by atoms with Gasteiger partial charge in [0, 0.05) is 41.8 Å². The standard InChI is InChI=1S/C11H15BrN2OS/c1-8-6-14(3-4-16-8)11(15)10-5-9(12)7-13(10)2/h5,7-8H,3-4,6H2,1-2H3. The third kappa shape index (κ3) is 2.46. The van der Waals surface area contributed by atoms with Crippen molar-refractivity contribution >= 4 is 33.6 Å². The minimum Gasteiger partial charge on any atom is -0.345 e. The minimum atomic E-state index is 0.139. The van der Waals surface area contributed by atoms with Crippen LogP contribution in [0.4, 0.5) is 0 Å². The fraction of sp³-hybridized carbons (Fsp3) is 0.545. The maximum absolute atomic E-state index is 12.3. The molecule has 0 N–H and O–H groups in total. The van der Waals surface area contributed by atoms with Crippen molar-refractivity contribution in [2.75, 3.05) is 18.8 Å². The Morgan fingerprint density at radius 2 is 2.38 bits per heavy atom. The summed E-state index contributed by atoms with van der Waals surface area (Å²) in [6.07, 6.45) is 1.91. The molecule has 1 saturated heterocycles. The summed E-state index contributed by atoms with van der Waals surface area (Å²) in [6.45, 7) is 3.88. The predicted octanol–water partition coefficient (Wildman–Crippen LogP) is 2.37. The van der Waals surface area contributed by atoms with E-state index in [0.717, 1.165) is 29.0 Å². The van der Waals surface area contributed by atoms with Crippen LogP contribution in [0.5, 0.6) is 0 Å². The van der Waals surface area contributed by atoms with Gasteiger partial charge in [-0.3, -0.25) is 4.79 Å². The Kier molecular flexibility index (Phi) is 3.64. The second-order valence-electron chi connectivity index (χ2n) is 4.09. The van der Waals surface area contributed by atoms with Crippen LogP contribution in [0, 0.1) is 0 Å². The second-order valence-corrected chi connectivity index (χ2v) is 6.55. The molecule has 1 amide bonds. The smallest absolute Gasteiger partial charge is 0.270 e. The van der Waals surface area contributed by atoms with Crippen molar-refractivity contribution in [1.82, 2.24) is 9.47 Å². The first-order chi connectivity index (χ1) is 7.58. The summed E-state index contributed by atoms with van der Waals surface area (Å²) in [5.41, 5.74) is 0.756. The molecule has 1 unspecified atom stereocenters. The Balaban J connectivity index is 2.15. The van der Waals surface area contributed by atoms with Crippen LogP contribution in [0.15, 0.2) is 16.7 Å². The van der Waals surface area contributed by atoms with E-state index in [4.69, 9.17) is 0 Å². The van der Waals surface area contributed by atoms with Crippen molar-refractivity contribution in [3.05, 3.63) is 22.4 Å². The average molecular weight is 303 g/mol. The molecule has 88 valence electrons. The zero-order valence-corrected chi connectivity index (χ0v) is 11.8. The zero-order valence-electron chi connectivity index (χ0n) is 9.44. The van der Waals surface area contributed by atoms with Gasteiger partial charge in [-0.1, -0.05) is 6.92 Å². The quantitative estimate of drug-likeness (QED) is 0.796. The van der Waals surface area contributed by atoms with Crippen molar-refractivity contribution in [2.24, 2.45) is 7.05 Å². The number of nitrogens with zero attached hydrogens (tertiary/aromatic N) is 2. The van der Waals surface area contributed by atoms with Gasteiger partial charge in [0.2, 0.25) is 0 Å². The molecule has 0 bridgehead atoms. The molecule has 2 rings (SSSR count). The highest BCUT2D eigenvalue weighted by Gasteiger charge is 2.24. The normalized spacial score (nSPS) is 21.2. The molecule has 0 saturated carbocycles. The summed E-state index contributed by atoms with van der Waals surface area (Å²) in [7, 11) is 1.90. The van der Waals surface area contributed by atoms with E-state index in [1.165, 1.54) is 0 Å². The predicted molar refractivity (Wildman–Crippen MR) is 70.9 cm³/mol. The number of aryl methyl sites for hydroxylation is 1. The fourth-order valence-electron chi connectivity index (χ4n) is 1.90. The lowest BCUT2D eigenvalue weighted by Crippen LogP contribution is -2.41. The third-order valence-electron chi connectivity index (χ3n) is 2.72. The van der Waals surface area contributed by atoms with Crippen LogP contribution >= 0.6 is 27.7 Å². The molecule has 1 aliphatic heterocycles. The molecule has 1 aromatic rings. The van der Waals surface area contributed by atoms with Gasteiger partial charge in [-0.15, -0.1) is 0 Å². The van der Waals surface area contributed by atoms with Crippen molar-refractivity contribution in [3.8, 4) is 0 Å². The van der Waals surface area contributed by atoms with Gasteiger partial charge in [0.1, 0.15) is 5.69 Å². The van der Waals surface area contributed by atoms with Gasteiger partial charge < -0.3 is 9.47 Å². The molecule has 0 spiro atoms. The molecule has 1 atom stereocenters.